The lowest BCUT2D eigenvalue weighted by molar-refractivity contribution is -0.132. The fraction of sp³-hybridized carbons (Fsp3) is 0.929. The summed E-state index contributed by atoms with van der Waals surface area (Å²) in [6.45, 7) is 9.89. The monoisotopic (exact) mass is 270 g/mol. The van der Waals surface area contributed by atoms with E-state index in [1.165, 1.54) is 0 Å². The van der Waals surface area contributed by atoms with Crippen LogP contribution >= 0.6 is 0 Å². The van der Waals surface area contributed by atoms with Crippen LogP contribution in [0.25, 0.3) is 0 Å². The summed E-state index contributed by atoms with van der Waals surface area (Å²) in [5.74, 6) is 0.312. The van der Waals surface area contributed by atoms with Crippen molar-refractivity contribution >= 4 is 5.91 Å². The lowest BCUT2D eigenvalue weighted by Crippen LogP contribution is -2.47. The number of rotatable bonds is 8. The van der Waals surface area contributed by atoms with Crippen molar-refractivity contribution in [1.82, 2.24) is 20.0 Å². The highest BCUT2D eigenvalue weighted by molar-refractivity contribution is 5.76. The molecule has 0 saturated carbocycles. The predicted octanol–water partition coefficient (Wildman–Crippen LogP) is 0.0819. The summed E-state index contributed by atoms with van der Waals surface area (Å²) in [7, 11) is 4.19. The van der Waals surface area contributed by atoms with Crippen molar-refractivity contribution < 1.29 is 4.79 Å². The minimum atomic E-state index is 0.312. The number of amides is 1. The van der Waals surface area contributed by atoms with Crippen LogP contribution in [0, 0.1) is 0 Å². The number of hydrogen-bond donors (Lipinski definition) is 1. The van der Waals surface area contributed by atoms with E-state index in [0.717, 1.165) is 58.8 Å². The third-order valence-corrected chi connectivity index (χ3v) is 3.51. The highest BCUT2D eigenvalue weighted by Crippen LogP contribution is 2.00. The van der Waals surface area contributed by atoms with E-state index in [2.05, 4.69) is 36.1 Å². The summed E-state index contributed by atoms with van der Waals surface area (Å²) < 4.78 is 0. The molecule has 5 heteroatoms. The minimum absolute atomic E-state index is 0.312. The maximum atomic E-state index is 12.1. The molecule has 1 N–H and O–H groups in total. The van der Waals surface area contributed by atoms with Crippen molar-refractivity contribution in [1.29, 1.82) is 0 Å². The van der Waals surface area contributed by atoms with Gasteiger partial charge in [-0.2, -0.15) is 0 Å². The normalized spacial score (nSPS) is 16.4. The second-order valence-electron chi connectivity index (χ2n) is 5.53. The van der Waals surface area contributed by atoms with E-state index in [1.54, 1.807) is 0 Å². The smallest absolute Gasteiger partial charge is 0.223 e. The third kappa shape index (κ3) is 6.89. The Balaban J connectivity index is 2.26. The molecule has 0 spiro atoms. The summed E-state index contributed by atoms with van der Waals surface area (Å²) >= 11 is 0. The number of nitrogens with zero attached hydrogens (tertiary/aromatic N) is 3. The lowest BCUT2D eigenvalue weighted by Gasteiger charge is -2.29. The topological polar surface area (TPSA) is 38.8 Å². The predicted molar refractivity (Wildman–Crippen MR) is 79.4 cm³/mol. The number of likely N-dealkylation sites (N-methyl/N-ethyl adjacent to an activating group) is 1. The molecule has 112 valence electrons. The van der Waals surface area contributed by atoms with Crippen molar-refractivity contribution in [3.05, 3.63) is 0 Å². The molecule has 1 aliphatic rings. The Morgan fingerprint density at radius 2 is 1.79 bits per heavy atom. The Hall–Kier alpha value is -0.650. The van der Waals surface area contributed by atoms with Gasteiger partial charge in [-0.15, -0.1) is 0 Å². The molecule has 1 saturated heterocycles. The van der Waals surface area contributed by atoms with Gasteiger partial charge in [-0.05, 0) is 27.1 Å². The van der Waals surface area contributed by atoms with Gasteiger partial charge in [0.1, 0.15) is 0 Å². The number of carbonyl (C=O) groups is 1. The molecule has 0 radical (unpaired) electrons. The van der Waals surface area contributed by atoms with Gasteiger partial charge in [-0.25, -0.2) is 0 Å². The third-order valence-electron chi connectivity index (χ3n) is 3.51. The standard InChI is InChI=1S/C14H30N4O/c1-4-8-17(13-12-16(2)3)9-5-14(19)18-10-6-15-7-11-18/h15H,4-13H2,1-3H3. The van der Waals surface area contributed by atoms with Gasteiger partial charge in [0.2, 0.25) is 5.91 Å². The molecular weight excluding hydrogens is 240 g/mol. The van der Waals surface area contributed by atoms with Gasteiger partial charge in [0.05, 0.1) is 0 Å². The van der Waals surface area contributed by atoms with Crippen molar-refractivity contribution in [3.8, 4) is 0 Å². The van der Waals surface area contributed by atoms with Gasteiger partial charge in [0, 0.05) is 52.2 Å². The number of hydrogen-bond acceptors (Lipinski definition) is 4. The van der Waals surface area contributed by atoms with Gasteiger partial charge in [0.15, 0.2) is 0 Å². The van der Waals surface area contributed by atoms with Crippen LogP contribution in [-0.2, 0) is 4.79 Å². The van der Waals surface area contributed by atoms with Gasteiger partial charge in [0.25, 0.3) is 0 Å². The highest BCUT2D eigenvalue weighted by Gasteiger charge is 2.16. The molecule has 1 rings (SSSR count). The Kier molecular flexibility index (Phi) is 8.02. The van der Waals surface area contributed by atoms with Crippen LogP contribution in [0.1, 0.15) is 19.8 Å². The second-order valence-corrected chi connectivity index (χ2v) is 5.53. The first-order chi connectivity index (χ1) is 9.13. The van der Waals surface area contributed by atoms with Crippen LogP contribution in [-0.4, -0.2) is 87.1 Å². The number of nitrogens with one attached hydrogen (secondary N) is 1. The number of piperazine rings is 1. The molecule has 5 nitrogen and oxygen atoms in total. The van der Waals surface area contributed by atoms with Crippen molar-refractivity contribution in [2.24, 2.45) is 0 Å². The van der Waals surface area contributed by atoms with Gasteiger partial charge >= 0.3 is 0 Å². The van der Waals surface area contributed by atoms with Crippen LogP contribution in [0.15, 0.2) is 0 Å². The van der Waals surface area contributed by atoms with E-state index < -0.39 is 0 Å². The molecule has 0 aromatic rings. The SMILES string of the molecule is CCCN(CCC(=O)N1CCNCC1)CCN(C)C. The summed E-state index contributed by atoms with van der Waals surface area (Å²) in [6, 6.07) is 0. The average molecular weight is 270 g/mol. The van der Waals surface area contributed by atoms with Crippen LogP contribution in [0.2, 0.25) is 0 Å². The minimum Gasteiger partial charge on any atom is -0.340 e. The Labute approximate surface area is 117 Å². The molecular formula is C14H30N4O. The molecule has 1 amide bonds. The molecule has 0 aromatic heterocycles. The van der Waals surface area contributed by atoms with Crippen LogP contribution in [0.4, 0.5) is 0 Å². The zero-order chi connectivity index (χ0) is 14.1. The zero-order valence-corrected chi connectivity index (χ0v) is 12.8. The van der Waals surface area contributed by atoms with Crippen LogP contribution in [0.5, 0.6) is 0 Å². The fourth-order valence-corrected chi connectivity index (χ4v) is 2.32. The summed E-state index contributed by atoms with van der Waals surface area (Å²) in [6.07, 6.45) is 1.81. The molecule has 0 atom stereocenters. The Morgan fingerprint density at radius 3 is 2.37 bits per heavy atom. The van der Waals surface area contributed by atoms with Crippen LogP contribution in [0.3, 0.4) is 0 Å². The maximum absolute atomic E-state index is 12.1. The summed E-state index contributed by atoms with van der Waals surface area (Å²) in [5, 5.41) is 3.28. The summed E-state index contributed by atoms with van der Waals surface area (Å²) in [5.41, 5.74) is 0. The highest BCUT2D eigenvalue weighted by atomic mass is 16.2. The van der Waals surface area contributed by atoms with E-state index in [1.807, 2.05) is 4.90 Å². The van der Waals surface area contributed by atoms with Gasteiger partial charge < -0.3 is 20.0 Å². The quantitative estimate of drug-likeness (QED) is 0.678. The molecule has 1 heterocycles. The summed E-state index contributed by atoms with van der Waals surface area (Å²) in [4.78, 5) is 18.7. The van der Waals surface area contributed by atoms with Gasteiger partial charge in [-0.3, -0.25) is 4.79 Å². The van der Waals surface area contributed by atoms with E-state index in [-0.39, 0.29) is 0 Å². The molecule has 1 fully saturated rings. The fourth-order valence-electron chi connectivity index (χ4n) is 2.32. The van der Waals surface area contributed by atoms with E-state index in [9.17, 15) is 4.79 Å². The second kappa shape index (κ2) is 9.28. The molecule has 0 bridgehead atoms. The van der Waals surface area contributed by atoms with Crippen molar-refractivity contribution in [2.45, 2.75) is 19.8 Å². The number of carbonyl (C=O) groups excluding carboxylic acids is 1. The largest absolute Gasteiger partial charge is 0.340 e. The van der Waals surface area contributed by atoms with Crippen LogP contribution < -0.4 is 5.32 Å². The first kappa shape index (κ1) is 16.4. The first-order valence-electron chi connectivity index (χ1n) is 7.49. The van der Waals surface area contributed by atoms with Crippen molar-refractivity contribution in [3.63, 3.8) is 0 Å². The molecule has 1 aliphatic heterocycles. The lowest BCUT2D eigenvalue weighted by atomic mass is 10.2. The Bertz CT molecular complexity index is 252. The van der Waals surface area contributed by atoms with E-state index >= 15 is 0 Å². The Morgan fingerprint density at radius 1 is 1.11 bits per heavy atom. The molecule has 0 unspecified atom stereocenters. The van der Waals surface area contributed by atoms with E-state index in [4.69, 9.17) is 0 Å². The molecule has 0 aromatic carbocycles. The van der Waals surface area contributed by atoms with Gasteiger partial charge in [-0.1, -0.05) is 6.92 Å². The zero-order valence-electron chi connectivity index (χ0n) is 12.8. The molecule has 19 heavy (non-hydrogen) atoms. The van der Waals surface area contributed by atoms with E-state index in [0.29, 0.717) is 12.3 Å². The maximum Gasteiger partial charge on any atom is 0.223 e. The average Bonchev–Trinajstić information content (AvgIpc) is 2.42. The molecule has 0 aliphatic carbocycles. The van der Waals surface area contributed by atoms with Crippen molar-refractivity contribution in [2.75, 3.05) is 66.5 Å². The first-order valence-corrected chi connectivity index (χ1v) is 7.49.